The minimum atomic E-state index is -0.525. The fourth-order valence-corrected chi connectivity index (χ4v) is 3.60. The standard InChI is InChI=1S/C11H17BrN4O2S/c1-6(13)11(8-2-7(12)5-19-8)16(3-9(14)17)4-10(15)18/h2,5-6,11H,3-4,13H2,1H3,(H2,14,17)(H2,15,18). The van der Waals surface area contributed by atoms with E-state index >= 15 is 0 Å². The Bertz CT molecular complexity index is 447. The summed E-state index contributed by atoms with van der Waals surface area (Å²) in [5.41, 5.74) is 16.4. The maximum absolute atomic E-state index is 11.1. The molecule has 0 saturated heterocycles. The molecule has 0 bridgehead atoms. The second-order valence-electron chi connectivity index (χ2n) is 4.31. The maximum Gasteiger partial charge on any atom is 0.231 e. The molecule has 0 fully saturated rings. The first kappa shape index (κ1) is 16.1. The van der Waals surface area contributed by atoms with Gasteiger partial charge in [0.05, 0.1) is 19.1 Å². The Morgan fingerprint density at radius 3 is 2.21 bits per heavy atom. The number of thiophene rings is 1. The zero-order chi connectivity index (χ0) is 14.6. The molecule has 0 aliphatic rings. The predicted molar refractivity (Wildman–Crippen MR) is 78.4 cm³/mol. The number of nitrogens with zero attached hydrogens (tertiary/aromatic N) is 1. The second-order valence-corrected chi connectivity index (χ2v) is 6.17. The molecule has 8 heteroatoms. The van der Waals surface area contributed by atoms with Crippen LogP contribution in [0.3, 0.4) is 0 Å². The van der Waals surface area contributed by atoms with E-state index in [2.05, 4.69) is 15.9 Å². The highest BCUT2D eigenvalue weighted by Gasteiger charge is 2.27. The molecule has 0 saturated carbocycles. The molecule has 0 aromatic carbocycles. The molecule has 106 valence electrons. The highest BCUT2D eigenvalue weighted by Crippen LogP contribution is 2.31. The zero-order valence-electron chi connectivity index (χ0n) is 10.5. The van der Waals surface area contributed by atoms with Crippen LogP contribution in [0.15, 0.2) is 15.9 Å². The van der Waals surface area contributed by atoms with Crippen molar-refractivity contribution >= 4 is 39.1 Å². The normalized spacial score (nSPS) is 14.3. The molecule has 6 nitrogen and oxygen atoms in total. The summed E-state index contributed by atoms with van der Waals surface area (Å²) in [6.45, 7) is 1.68. The Balaban J connectivity index is 3.04. The van der Waals surface area contributed by atoms with Crippen LogP contribution >= 0.6 is 27.3 Å². The lowest BCUT2D eigenvalue weighted by atomic mass is 10.1. The highest BCUT2D eigenvalue weighted by atomic mass is 79.9. The lowest BCUT2D eigenvalue weighted by molar-refractivity contribution is -0.123. The van der Waals surface area contributed by atoms with Gasteiger partial charge < -0.3 is 17.2 Å². The molecular weight excluding hydrogens is 332 g/mol. The number of hydrogen-bond donors (Lipinski definition) is 3. The van der Waals surface area contributed by atoms with Gasteiger partial charge in [0, 0.05) is 20.8 Å². The summed E-state index contributed by atoms with van der Waals surface area (Å²) < 4.78 is 0.927. The topological polar surface area (TPSA) is 115 Å². The van der Waals surface area contributed by atoms with Crippen molar-refractivity contribution < 1.29 is 9.59 Å². The Kier molecular flexibility index (Phi) is 5.92. The average molecular weight is 349 g/mol. The van der Waals surface area contributed by atoms with Gasteiger partial charge in [0.15, 0.2) is 0 Å². The summed E-state index contributed by atoms with van der Waals surface area (Å²) in [6.07, 6.45) is 0. The van der Waals surface area contributed by atoms with Gasteiger partial charge in [0.25, 0.3) is 0 Å². The van der Waals surface area contributed by atoms with Gasteiger partial charge in [-0.3, -0.25) is 14.5 Å². The van der Waals surface area contributed by atoms with Gasteiger partial charge in [0.1, 0.15) is 0 Å². The zero-order valence-corrected chi connectivity index (χ0v) is 12.9. The number of primary amides is 2. The van der Waals surface area contributed by atoms with Crippen molar-refractivity contribution in [2.75, 3.05) is 13.1 Å². The number of carbonyl (C=O) groups excluding carboxylic acids is 2. The number of hydrogen-bond acceptors (Lipinski definition) is 5. The van der Waals surface area contributed by atoms with E-state index in [1.54, 1.807) is 4.90 Å². The van der Waals surface area contributed by atoms with Crippen LogP contribution in [0, 0.1) is 0 Å². The lowest BCUT2D eigenvalue weighted by Gasteiger charge is -2.31. The fourth-order valence-electron chi connectivity index (χ4n) is 1.91. The Morgan fingerprint density at radius 2 is 1.89 bits per heavy atom. The molecule has 2 amide bonds. The van der Waals surface area contributed by atoms with E-state index in [-0.39, 0.29) is 25.2 Å². The largest absolute Gasteiger partial charge is 0.369 e. The SMILES string of the molecule is CC(N)C(c1cc(Br)cs1)N(CC(N)=O)CC(N)=O. The van der Waals surface area contributed by atoms with E-state index in [1.807, 2.05) is 18.4 Å². The summed E-state index contributed by atoms with van der Waals surface area (Å²) in [5, 5.41) is 1.91. The van der Waals surface area contributed by atoms with Crippen LogP contribution in [0.2, 0.25) is 0 Å². The molecule has 1 rings (SSSR count). The van der Waals surface area contributed by atoms with Crippen molar-refractivity contribution in [3.63, 3.8) is 0 Å². The van der Waals surface area contributed by atoms with E-state index in [4.69, 9.17) is 17.2 Å². The molecular formula is C11H17BrN4O2S. The Morgan fingerprint density at radius 1 is 1.37 bits per heavy atom. The van der Waals surface area contributed by atoms with Gasteiger partial charge in [0.2, 0.25) is 11.8 Å². The number of halogens is 1. The molecule has 1 aromatic heterocycles. The number of nitrogens with two attached hydrogens (primary N) is 3. The van der Waals surface area contributed by atoms with Gasteiger partial charge in [-0.2, -0.15) is 0 Å². The molecule has 0 aliphatic heterocycles. The van der Waals surface area contributed by atoms with Crippen molar-refractivity contribution in [3.05, 3.63) is 20.8 Å². The van der Waals surface area contributed by atoms with Crippen LogP contribution in [0.4, 0.5) is 0 Å². The van der Waals surface area contributed by atoms with Gasteiger partial charge in [-0.15, -0.1) is 11.3 Å². The third kappa shape index (κ3) is 4.90. The van der Waals surface area contributed by atoms with Gasteiger partial charge in [-0.1, -0.05) is 0 Å². The Hall–Kier alpha value is -0.960. The second kappa shape index (κ2) is 6.99. The molecule has 19 heavy (non-hydrogen) atoms. The summed E-state index contributed by atoms with van der Waals surface area (Å²) in [4.78, 5) is 24.8. The first-order valence-corrected chi connectivity index (χ1v) is 7.28. The number of amides is 2. The third-order valence-corrected chi connectivity index (χ3v) is 4.25. The first-order chi connectivity index (χ1) is 8.81. The predicted octanol–water partition coefficient (Wildman–Crippen LogP) is 0.172. The van der Waals surface area contributed by atoms with Gasteiger partial charge in [-0.05, 0) is 28.9 Å². The highest BCUT2D eigenvalue weighted by molar-refractivity contribution is 9.10. The van der Waals surface area contributed by atoms with Crippen molar-refractivity contribution in [2.45, 2.75) is 19.0 Å². The Labute approximate surface area is 124 Å². The van der Waals surface area contributed by atoms with Gasteiger partial charge in [-0.25, -0.2) is 0 Å². The van der Waals surface area contributed by atoms with Crippen LogP contribution in [0.5, 0.6) is 0 Å². The van der Waals surface area contributed by atoms with E-state index < -0.39 is 11.8 Å². The van der Waals surface area contributed by atoms with Crippen LogP contribution in [0.1, 0.15) is 17.8 Å². The van der Waals surface area contributed by atoms with Crippen LogP contribution in [0.25, 0.3) is 0 Å². The summed E-state index contributed by atoms with van der Waals surface area (Å²) in [7, 11) is 0. The fraction of sp³-hybridized carbons (Fsp3) is 0.455. The third-order valence-electron chi connectivity index (χ3n) is 2.49. The van der Waals surface area contributed by atoms with E-state index in [1.165, 1.54) is 11.3 Å². The number of carbonyl (C=O) groups is 2. The average Bonchev–Trinajstić information content (AvgIpc) is 2.62. The first-order valence-electron chi connectivity index (χ1n) is 5.61. The van der Waals surface area contributed by atoms with Crippen molar-refractivity contribution in [2.24, 2.45) is 17.2 Å². The molecule has 2 atom stereocenters. The summed E-state index contributed by atoms with van der Waals surface area (Å²) in [5.74, 6) is -1.05. The monoisotopic (exact) mass is 348 g/mol. The van der Waals surface area contributed by atoms with E-state index in [0.29, 0.717) is 0 Å². The smallest absolute Gasteiger partial charge is 0.231 e. The van der Waals surface area contributed by atoms with Gasteiger partial charge >= 0.3 is 0 Å². The van der Waals surface area contributed by atoms with E-state index in [0.717, 1.165) is 9.35 Å². The van der Waals surface area contributed by atoms with Crippen LogP contribution in [-0.4, -0.2) is 35.8 Å². The lowest BCUT2D eigenvalue weighted by Crippen LogP contribution is -2.46. The summed E-state index contributed by atoms with van der Waals surface area (Å²) >= 11 is 4.86. The molecule has 6 N–H and O–H groups in total. The molecule has 1 heterocycles. The van der Waals surface area contributed by atoms with Crippen molar-refractivity contribution in [1.82, 2.24) is 4.90 Å². The minimum absolute atomic E-state index is 0.0648. The quantitative estimate of drug-likeness (QED) is 0.651. The minimum Gasteiger partial charge on any atom is -0.369 e. The van der Waals surface area contributed by atoms with Crippen molar-refractivity contribution in [1.29, 1.82) is 0 Å². The summed E-state index contributed by atoms with van der Waals surface area (Å²) in [6, 6.07) is 1.36. The molecule has 2 unspecified atom stereocenters. The van der Waals surface area contributed by atoms with Crippen molar-refractivity contribution in [3.8, 4) is 0 Å². The van der Waals surface area contributed by atoms with Crippen LogP contribution in [-0.2, 0) is 9.59 Å². The maximum atomic E-state index is 11.1. The molecule has 0 aliphatic carbocycles. The molecule has 0 spiro atoms. The molecule has 1 aromatic rings. The molecule has 0 radical (unpaired) electrons. The number of rotatable bonds is 7. The van der Waals surface area contributed by atoms with Crippen LogP contribution < -0.4 is 17.2 Å². The van der Waals surface area contributed by atoms with E-state index in [9.17, 15) is 9.59 Å².